The van der Waals surface area contributed by atoms with Crippen molar-refractivity contribution in [2.24, 2.45) is 0 Å². The van der Waals surface area contributed by atoms with Crippen LogP contribution in [0.1, 0.15) is 45.2 Å². The average molecular weight is 715 g/mol. The molecule has 0 bridgehead atoms. The predicted octanol–water partition coefficient (Wildman–Crippen LogP) is 2.83. The monoisotopic (exact) mass is 714 g/mol. The zero-order chi connectivity index (χ0) is 37.0. The van der Waals surface area contributed by atoms with E-state index in [0.29, 0.717) is 11.1 Å². The van der Waals surface area contributed by atoms with Gasteiger partial charge in [0.2, 0.25) is 17.4 Å². The van der Waals surface area contributed by atoms with Crippen LogP contribution in [0.4, 0.5) is 17.6 Å². The first-order chi connectivity index (χ1) is 23.6. The van der Waals surface area contributed by atoms with Gasteiger partial charge in [0.15, 0.2) is 11.6 Å². The zero-order valence-electron chi connectivity index (χ0n) is 27.9. The van der Waals surface area contributed by atoms with E-state index in [4.69, 9.17) is 19.4 Å². The molecule has 2 aromatic rings. The SMILES string of the molecule is CC(=O)ON1CCN(OC(C)=O)CCN(OC(C)=O)C(Cc2ccc(CCC(=O)Oc3c(F)c(F)cc(F)c3F)cc2)CN(OC(C)=O)CC1. The Bertz CT molecular complexity index is 1510. The zero-order valence-corrected chi connectivity index (χ0v) is 27.9. The van der Waals surface area contributed by atoms with E-state index in [1.54, 1.807) is 24.3 Å². The molecule has 274 valence electrons. The molecule has 14 nitrogen and oxygen atoms in total. The molecule has 0 aliphatic carbocycles. The normalized spacial score (nSPS) is 17.2. The Labute approximate surface area is 285 Å². The van der Waals surface area contributed by atoms with E-state index in [9.17, 15) is 41.5 Å². The largest absolute Gasteiger partial charge is 0.420 e. The van der Waals surface area contributed by atoms with Crippen LogP contribution in [0.2, 0.25) is 0 Å². The van der Waals surface area contributed by atoms with E-state index < -0.39 is 64.9 Å². The lowest BCUT2D eigenvalue weighted by Gasteiger charge is -2.35. The van der Waals surface area contributed by atoms with Gasteiger partial charge < -0.3 is 24.1 Å². The minimum Gasteiger partial charge on any atom is -0.420 e. The molecule has 1 fully saturated rings. The Morgan fingerprint density at radius 3 is 1.58 bits per heavy atom. The maximum Gasteiger partial charge on any atom is 0.322 e. The average Bonchev–Trinajstić information content (AvgIpc) is 3.02. The highest BCUT2D eigenvalue weighted by atomic mass is 19.2. The Balaban J connectivity index is 1.80. The number of benzene rings is 2. The molecule has 0 spiro atoms. The van der Waals surface area contributed by atoms with Crippen molar-refractivity contribution < 1.29 is 65.6 Å². The second-order valence-electron chi connectivity index (χ2n) is 11.2. The fourth-order valence-corrected chi connectivity index (χ4v) is 4.91. The quantitative estimate of drug-likeness (QED) is 0.154. The molecule has 0 N–H and O–H groups in total. The fourth-order valence-electron chi connectivity index (χ4n) is 4.91. The Morgan fingerprint density at radius 1 is 0.640 bits per heavy atom. The minimum absolute atomic E-state index is 0.00195. The topological polar surface area (TPSA) is 144 Å². The molecule has 0 amide bonds. The van der Waals surface area contributed by atoms with Gasteiger partial charge in [-0.15, -0.1) is 20.3 Å². The van der Waals surface area contributed by atoms with Crippen molar-refractivity contribution in [3.8, 4) is 5.75 Å². The number of nitrogens with zero attached hydrogens (tertiary/aromatic N) is 4. The van der Waals surface area contributed by atoms with Crippen LogP contribution in [-0.4, -0.2) is 102 Å². The summed E-state index contributed by atoms with van der Waals surface area (Å²) >= 11 is 0. The molecule has 1 unspecified atom stereocenters. The first-order valence-electron chi connectivity index (χ1n) is 15.5. The van der Waals surface area contributed by atoms with Crippen molar-refractivity contribution in [3.63, 3.8) is 0 Å². The van der Waals surface area contributed by atoms with Crippen LogP contribution in [0.5, 0.6) is 5.75 Å². The summed E-state index contributed by atoms with van der Waals surface area (Å²) in [5, 5.41) is 5.42. The van der Waals surface area contributed by atoms with Crippen LogP contribution in [0.3, 0.4) is 0 Å². The fraction of sp³-hybridized carbons (Fsp3) is 0.469. The van der Waals surface area contributed by atoms with Crippen molar-refractivity contribution in [1.82, 2.24) is 20.3 Å². The molecule has 1 saturated heterocycles. The molecule has 0 aromatic heterocycles. The minimum atomic E-state index is -1.83. The van der Waals surface area contributed by atoms with Crippen LogP contribution in [0.25, 0.3) is 0 Å². The van der Waals surface area contributed by atoms with E-state index in [1.165, 1.54) is 47.9 Å². The second kappa shape index (κ2) is 18.9. The van der Waals surface area contributed by atoms with Crippen molar-refractivity contribution >= 4 is 29.8 Å². The van der Waals surface area contributed by atoms with Gasteiger partial charge in [-0.3, -0.25) is 24.0 Å². The standard InChI is InChI=1S/C32H38F4N4O10/c1-20(41)47-37-11-12-38(48-21(2)42)15-16-40(50-23(4)44)26(19-39(14-13-37)49-22(3)43)17-25-7-5-24(6-8-25)9-10-29(45)46-32-30(35)27(33)18-28(34)31(32)36/h5-8,18,26H,9-17,19H2,1-4H3. The summed E-state index contributed by atoms with van der Waals surface area (Å²) in [6, 6.07) is 6.11. The molecular weight excluding hydrogens is 676 g/mol. The molecule has 18 heteroatoms. The molecular formula is C32H38F4N4O10. The maximum atomic E-state index is 13.9. The second-order valence-corrected chi connectivity index (χ2v) is 11.2. The number of esters is 1. The number of hydrogen-bond donors (Lipinski definition) is 0. The van der Waals surface area contributed by atoms with E-state index >= 15 is 0 Å². The third kappa shape index (κ3) is 13.0. The lowest BCUT2D eigenvalue weighted by Crippen LogP contribution is -2.51. The summed E-state index contributed by atoms with van der Waals surface area (Å²) in [7, 11) is 0. The number of carbonyl (C=O) groups excluding carboxylic acids is 5. The van der Waals surface area contributed by atoms with E-state index in [-0.39, 0.29) is 71.1 Å². The summed E-state index contributed by atoms with van der Waals surface area (Å²) in [5.74, 6) is -12.1. The Kier molecular flexibility index (Phi) is 15.1. The van der Waals surface area contributed by atoms with Crippen molar-refractivity contribution in [1.29, 1.82) is 0 Å². The number of carbonyl (C=O) groups is 5. The highest BCUT2D eigenvalue weighted by Crippen LogP contribution is 2.27. The molecule has 3 rings (SSSR count). The smallest absolute Gasteiger partial charge is 0.322 e. The van der Waals surface area contributed by atoms with Gasteiger partial charge in [-0.1, -0.05) is 24.3 Å². The van der Waals surface area contributed by atoms with Crippen LogP contribution in [-0.2, 0) is 56.2 Å². The van der Waals surface area contributed by atoms with Crippen LogP contribution in [0.15, 0.2) is 30.3 Å². The van der Waals surface area contributed by atoms with Gasteiger partial charge in [-0.25, -0.2) is 8.78 Å². The van der Waals surface area contributed by atoms with E-state index in [2.05, 4.69) is 4.74 Å². The first kappa shape index (κ1) is 39.8. The highest BCUT2D eigenvalue weighted by Gasteiger charge is 2.29. The molecule has 1 heterocycles. The van der Waals surface area contributed by atoms with Gasteiger partial charge >= 0.3 is 29.8 Å². The number of hydrogen-bond acceptors (Lipinski definition) is 14. The van der Waals surface area contributed by atoms with Gasteiger partial charge in [0.1, 0.15) is 0 Å². The summed E-state index contributed by atoms with van der Waals surface area (Å²) in [6.45, 7) is 5.38. The molecule has 1 aliphatic heterocycles. The summed E-state index contributed by atoms with van der Waals surface area (Å²) in [5.41, 5.74) is 1.32. The molecule has 50 heavy (non-hydrogen) atoms. The van der Waals surface area contributed by atoms with Crippen molar-refractivity contribution in [2.75, 3.05) is 45.8 Å². The number of halogens is 4. The molecule has 0 saturated carbocycles. The first-order valence-corrected chi connectivity index (χ1v) is 15.5. The van der Waals surface area contributed by atoms with Gasteiger partial charge in [0, 0.05) is 40.2 Å². The number of ether oxygens (including phenoxy) is 1. The highest BCUT2D eigenvalue weighted by molar-refractivity contribution is 5.73. The Hall–Kier alpha value is -4.65. The van der Waals surface area contributed by atoms with Gasteiger partial charge in [-0.05, 0) is 24.0 Å². The van der Waals surface area contributed by atoms with Gasteiger partial charge in [0.25, 0.3) is 0 Å². The lowest BCUT2D eigenvalue weighted by atomic mass is 10.0. The molecule has 1 aliphatic rings. The third-order valence-electron chi connectivity index (χ3n) is 7.01. The molecule has 1 atom stereocenters. The van der Waals surface area contributed by atoms with E-state index in [0.717, 1.165) is 0 Å². The van der Waals surface area contributed by atoms with Crippen molar-refractivity contribution in [3.05, 3.63) is 64.7 Å². The van der Waals surface area contributed by atoms with Gasteiger partial charge in [0.05, 0.1) is 51.9 Å². The number of hydroxylamine groups is 8. The van der Waals surface area contributed by atoms with Crippen LogP contribution < -0.4 is 4.74 Å². The summed E-state index contributed by atoms with van der Waals surface area (Å²) in [6.07, 6.45) is -0.105. The van der Waals surface area contributed by atoms with Gasteiger partial charge in [-0.2, -0.15) is 8.78 Å². The lowest BCUT2D eigenvalue weighted by molar-refractivity contribution is -0.238. The number of aryl methyl sites for hydroxylation is 1. The molecule has 0 radical (unpaired) electrons. The predicted molar refractivity (Wildman–Crippen MR) is 163 cm³/mol. The van der Waals surface area contributed by atoms with Crippen LogP contribution >= 0.6 is 0 Å². The molecule has 2 aromatic carbocycles. The van der Waals surface area contributed by atoms with Crippen LogP contribution in [0, 0.1) is 23.3 Å². The van der Waals surface area contributed by atoms with E-state index in [1.807, 2.05) is 0 Å². The Morgan fingerprint density at radius 2 is 1.08 bits per heavy atom. The number of rotatable bonds is 10. The summed E-state index contributed by atoms with van der Waals surface area (Å²) in [4.78, 5) is 81.5. The van der Waals surface area contributed by atoms with Crippen molar-refractivity contribution in [2.45, 2.75) is 53.0 Å². The maximum absolute atomic E-state index is 13.9. The third-order valence-corrected chi connectivity index (χ3v) is 7.01. The summed E-state index contributed by atoms with van der Waals surface area (Å²) < 4.78 is 59.3.